The van der Waals surface area contributed by atoms with Crippen LogP contribution < -0.4 is 10.6 Å². The highest BCUT2D eigenvalue weighted by Gasteiger charge is 2.29. The van der Waals surface area contributed by atoms with E-state index in [1.165, 1.54) is 0 Å². The molecule has 0 bridgehead atoms. The van der Waals surface area contributed by atoms with E-state index in [0.717, 1.165) is 11.1 Å². The Balaban J connectivity index is 0.00000316. The molecule has 0 aromatic heterocycles. The van der Waals surface area contributed by atoms with E-state index in [1.54, 1.807) is 36.4 Å². The van der Waals surface area contributed by atoms with E-state index in [1.807, 2.05) is 50.6 Å². The van der Waals surface area contributed by atoms with Gasteiger partial charge in [0, 0.05) is 18.6 Å². The molecule has 0 radical (unpaired) electrons. The Hall–Kier alpha value is -2.85. The van der Waals surface area contributed by atoms with Crippen molar-refractivity contribution < 1.29 is 29.0 Å². The molecule has 0 aliphatic carbocycles. The molecule has 0 heterocycles. The number of amides is 2. The molecular weight excluding hydrogens is 548 g/mol. The highest BCUT2D eigenvalue weighted by atomic mass is 79.9. The van der Waals surface area contributed by atoms with Gasteiger partial charge in [-0.2, -0.15) is 8.46 Å². The van der Waals surface area contributed by atoms with Gasteiger partial charge in [0.25, 0.3) is 0 Å². The number of carbonyl (C=O) groups excluding carboxylic acids is 3. The number of aliphatic carboxylic acids is 1. The number of carboxylic acid groups (broad SMARTS) is 1. The van der Waals surface area contributed by atoms with E-state index in [0.29, 0.717) is 0 Å². The first-order valence-electron chi connectivity index (χ1n) is 11.5. The predicted octanol–water partition coefficient (Wildman–Crippen LogP) is 4.45. The van der Waals surface area contributed by atoms with Gasteiger partial charge in [-0.25, -0.2) is 9.59 Å². The minimum absolute atomic E-state index is 0.0171. The van der Waals surface area contributed by atoms with Crippen LogP contribution in [-0.2, 0) is 32.1 Å². The highest BCUT2D eigenvalue weighted by molar-refractivity contribution is 9.58. The Labute approximate surface area is 221 Å². The number of ether oxygens (including phenoxy) is 1. The first kappa shape index (κ1) is 31.2. The number of Topliss-reactive ketones (excluding diaryl/α,β-unsaturated/α-hetero) is 1. The molecule has 0 aliphatic heterocycles. The number of ketones is 1. The fourth-order valence-electron chi connectivity index (χ4n) is 3.11. The fraction of sp³-hybridized carbons (Fsp3) is 0.385. The number of alkyl carbamates (subject to hydrolysis) is 1. The highest BCUT2D eigenvalue weighted by Crippen LogP contribution is 2.47. The lowest BCUT2D eigenvalue weighted by Gasteiger charge is -2.24. The second-order valence-corrected chi connectivity index (χ2v) is 16.5. The molecule has 0 aliphatic rings. The Kier molecular flexibility index (Phi) is 13.9. The van der Waals surface area contributed by atoms with E-state index < -0.39 is 38.5 Å². The standard InChI is InChI=1S/C24H29BrN2O6S.C2H6/c1-34(2,25)16-19(28)14-21(23(30)31)26-22(29)20(13-17-9-5-3-6-10-17)27-24(32)33-15-18-11-7-4-8-12-18;1-2/h3-12,20-21H,13-16H2,1-2H3,(H,26,29)(H,27,32)(H,30,31);1-2H3. The van der Waals surface area contributed by atoms with Crippen LogP contribution in [0.4, 0.5) is 4.79 Å². The molecule has 2 aromatic carbocycles. The zero-order chi connectivity index (χ0) is 27.1. The van der Waals surface area contributed by atoms with Crippen molar-refractivity contribution in [1.82, 2.24) is 10.6 Å². The van der Waals surface area contributed by atoms with Crippen LogP contribution in [-0.4, -0.2) is 59.2 Å². The van der Waals surface area contributed by atoms with Gasteiger partial charge in [0.15, 0.2) is 0 Å². The van der Waals surface area contributed by atoms with Crippen molar-refractivity contribution in [3.8, 4) is 0 Å². The molecule has 2 atom stereocenters. The molecule has 0 saturated heterocycles. The number of hydrogen-bond donors (Lipinski definition) is 3. The average Bonchev–Trinajstić information content (AvgIpc) is 2.83. The topological polar surface area (TPSA) is 122 Å². The van der Waals surface area contributed by atoms with Crippen molar-refractivity contribution in [2.75, 3.05) is 18.3 Å². The van der Waals surface area contributed by atoms with Crippen molar-refractivity contribution in [1.29, 1.82) is 0 Å². The number of halogens is 1. The van der Waals surface area contributed by atoms with Crippen LogP contribution in [0.15, 0.2) is 60.7 Å². The number of nitrogens with one attached hydrogen (secondary N) is 2. The Morgan fingerprint density at radius 3 is 1.92 bits per heavy atom. The van der Waals surface area contributed by atoms with E-state index in [9.17, 15) is 24.3 Å². The van der Waals surface area contributed by atoms with Crippen molar-refractivity contribution in [2.45, 2.75) is 45.4 Å². The van der Waals surface area contributed by atoms with Crippen LogP contribution in [0.2, 0.25) is 0 Å². The second-order valence-electron chi connectivity index (χ2n) is 8.14. The van der Waals surface area contributed by atoms with Crippen molar-refractivity contribution in [3.05, 3.63) is 71.8 Å². The van der Waals surface area contributed by atoms with E-state index >= 15 is 0 Å². The van der Waals surface area contributed by atoms with Crippen molar-refractivity contribution in [2.24, 2.45) is 0 Å². The van der Waals surface area contributed by atoms with Crippen LogP contribution in [0.1, 0.15) is 31.4 Å². The van der Waals surface area contributed by atoms with Gasteiger partial charge in [-0.15, -0.1) is 0 Å². The van der Waals surface area contributed by atoms with Gasteiger partial charge in [0.1, 0.15) is 24.5 Å². The summed E-state index contributed by atoms with van der Waals surface area (Å²) in [6, 6.07) is 15.5. The van der Waals surface area contributed by atoms with Crippen LogP contribution in [0, 0.1) is 0 Å². The number of rotatable bonds is 12. The van der Waals surface area contributed by atoms with Gasteiger partial charge in [-0.3, -0.25) is 9.59 Å². The lowest BCUT2D eigenvalue weighted by molar-refractivity contribution is -0.143. The minimum Gasteiger partial charge on any atom is -0.480 e. The van der Waals surface area contributed by atoms with Crippen LogP contribution >= 0.6 is 23.3 Å². The first-order valence-corrected chi connectivity index (χ1v) is 16.0. The summed E-state index contributed by atoms with van der Waals surface area (Å²) in [7, 11) is -1.34. The summed E-state index contributed by atoms with van der Waals surface area (Å²) in [4.78, 5) is 49.4. The van der Waals surface area contributed by atoms with E-state index in [4.69, 9.17) is 4.74 Å². The molecule has 2 amide bonds. The number of carbonyl (C=O) groups is 4. The number of carboxylic acids is 1. The molecule has 2 unspecified atom stereocenters. The lowest BCUT2D eigenvalue weighted by Crippen LogP contribution is -2.53. The number of hydrogen-bond acceptors (Lipinski definition) is 5. The maximum atomic E-state index is 13.0. The quantitative estimate of drug-likeness (QED) is 0.340. The van der Waals surface area contributed by atoms with E-state index in [2.05, 4.69) is 25.4 Å². The number of benzene rings is 2. The first-order chi connectivity index (χ1) is 17.0. The maximum absolute atomic E-state index is 13.0. The largest absolute Gasteiger partial charge is 0.480 e. The smallest absolute Gasteiger partial charge is 0.408 e. The molecule has 0 saturated carbocycles. The summed E-state index contributed by atoms with van der Waals surface area (Å²) < 4.78 is 5.22. The SMILES string of the molecule is CC.CS(C)(Br)CC(=O)CC(NC(=O)C(Cc1ccccc1)NC(=O)OCc1ccccc1)C(=O)O. The summed E-state index contributed by atoms with van der Waals surface area (Å²) in [6.45, 7) is 4.02. The Bertz CT molecular complexity index is 983. The zero-order valence-electron chi connectivity index (χ0n) is 21.0. The van der Waals surface area contributed by atoms with Crippen LogP contribution in [0.5, 0.6) is 0 Å². The maximum Gasteiger partial charge on any atom is 0.408 e. The fourth-order valence-corrected chi connectivity index (χ4v) is 4.76. The molecule has 3 N–H and O–H groups in total. The third-order valence-electron chi connectivity index (χ3n) is 4.65. The summed E-state index contributed by atoms with van der Waals surface area (Å²) in [5.41, 5.74) is 1.54. The molecule has 0 fully saturated rings. The van der Waals surface area contributed by atoms with Gasteiger partial charge in [-0.05, 0) is 38.5 Å². The van der Waals surface area contributed by atoms with E-state index in [-0.39, 0.29) is 31.0 Å². The molecular formula is C26H35BrN2O6S. The van der Waals surface area contributed by atoms with Crippen LogP contribution in [0.3, 0.4) is 0 Å². The van der Waals surface area contributed by atoms with Gasteiger partial charge in [0.2, 0.25) is 5.91 Å². The minimum atomic E-state index is -1.41. The van der Waals surface area contributed by atoms with Gasteiger partial charge in [0.05, 0.1) is 0 Å². The molecule has 10 heteroatoms. The second kappa shape index (κ2) is 16.0. The van der Waals surface area contributed by atoms with Gasteiger partial charge < -0.3 is 20.5 Å². The van der Waals surface area contributed by atoms with Gasteiger partial charge in [-0.1, -0.05) is 74.5 Å². The molecule has 8 nitrogen and oxygen atoms in total. The van der Waals surface area contributed by atoms with Crippen LogP contribution in [0.25, 0.3) is 0 Å². The Morgan fingerprint density at radius 1 is 0.889 bits per heavy atom. The third kappa shape index (κ3) is 12.7. The monoisotopic (exact) mass is 582 g/mol. The summed E-state index contributed by atoms with van der Waals surface area (Å²) >= 11 is 3.44. The molecule has 2 aromatic rings. The molecule has 2 rings (SSSR count). The summed E-state index contributed by atoms with van der Waals surface area (Å²) in [5.74, 6) is -2.13. The molecule has 198 valence electrons. The van der Waals surface area contributed by atoms with Gasteiger partial charge >= 0.3 is 12.1 Å². The predicted molar refractivity (Wildman–Crippen MR) is 147 cm³/mol. The average molecular weight is 584 g/mol. The summed E-state index contributed by atoms with van der Waals surface area (Å²) in [5, 5.41) is 14.5. The third-order valence-corrected chi connectivity index (χ3v) is 6.35. The normalized spacial score (nSPS) is 12.7. The summed E-state index contributed by atoms with van der Waals surface area (Å²) in [6.07, 6.45) is 2.71. The lowest BCUT2D eigenvalue weighted by atomic mass is 10.0. The zero-order valence-corrected chi connectivity index (χ0v) is 23.4. The molecule has 36 heavy (non-hydrogen) atoms. The van der Waals surface area contributed by atoms with Crippen molar-refractivity contribution >= 4 is 47.0 Å². The Morgan fingerprint density at radius 2 is 1.42 bits per heavy atom. The molecule has 0 spiro atoms. The van der Waals surface area contributed by atoms with Crippen molar-refractivity contribution in [3.63, 3.8) is 0 Å².